The third kappa shape index (κ3) is 3.18. The van der Waals surface area contributed by atoms with Gasteiger partial charge in [-0.15, -0.1) is 0 Å². The monoisotopic (exact) mass is 261 g/mol. The van der Waals surface area contributed by atoms with Crippen molar-refractivity contribution in [2.45, 2.75) is 0 Å². The van der Waals surface area contributed by atoms with E-state index < -0.39 is 0 Å². The lowest BCUT2D eigenvalue weighted by Crippen LogP contribution is -2.26. The summed E-state index contributed by atoms with van der Waals surface area (Å²) >= 11 is 11.4. The first-order valence-corrected chi connectivity index (χ1v) is 4.77. The minimum Gasteiger partial charge on any atom is -0.504 e. The van der Waals surface area contributed by atoms with E-state index in [1.807, 2.05) is 0 Å². The summed E-state index contributed by atoms with van der Waals surface area (Å²) in [5, 5.41) is 9.90. The average molecular weight is 262 g/mol. The molecule has 86 valence electrons. The maximum Gasteiger partial charge on any atom is 0.223 e. The van der Waals surface area contributed by atoms with E-state index in [9.17, 15) is 5.11 Å². The molecule has 0 saturated carbocycles. The summed E-state index contributed by atoms with van der Waals surface area (Å²) in [5.74, 6) is -0.706. The van der Waals surface area contributed by atoms with Crippen LogP contribution in [0.3, 0.4) is 0 Å². The van der Waals surface area contributed by atoms with E-state index in [2.05, 4.69) is 9.98 Å². The van der Waals surface area contributed by atoms with E-state index in [0.717, 1.165) is 0 Å². The number of nitrogens with two attached hydrogens (primary N) is 3. The summed E-state index contributed by atoms with van der Waals surface area (Å²) in [5.41, 5.74) is 15.7. The van der Waals surface area contributed by atoms with Gasteiger partial charge >= 0.3 is 0 Å². The summed E-state index contributed by atoms with van der Waals surface area (Å²) in [6, 6.07) is 2.74. The van der Waals surface area contributed by atoms with Crippen LogP contribution in [0.2, 0.25) is 10.0 Å². The molecule has 16 heavy (non-hydrogen) atoms. The molecule has 0 aliphatic carbocycles. The largest absolute Gasteiger partial charge is 0.504 e. The van der Waals surface area contributed by atoms with E-state index in [4.69, 9.17) is 40.4 Å². The molecule has 0 aliphatic heterocycles. The zero-order valence-corrected chi connectivity index (χ0v) is 9.50. The van der Waals surface area contributed by atoms with Crippen molar-refractivity contribution in [3.05, 3.63) is 22.2 Å². The van der Waals surface area contributed by atoms with Crippen LogP contribution < -0.4 is 17.2 Å². The summed E-state index contributed by atoms with van der Waals surface area (Å²) in [7, 11) is 0. The predicted octanol–water partition coefficient (Wildman–Crippen LogP) is 0.919. The molecule has 0 unspecified atom stereocenters. The highest BCUT2D eigenvalue weighted by Crippen LogP contribution is 2.36. The number of guanidine groups is 2. The van der Waals surface area contributed by atoms with Gasteiger partial charge in [-0.1, -0.05) is 23.2 Å². The second kappa shape index (κ2) is 4.91. The molecule has 0 aromatic heterocycles. The van der Waals surface area contributed by atoms with Crippen LogP contribution in [0.25, 0.3) is 0 Å². The van der Waals surface area contributed by atoms with Gasteiger partial charge in [0.2, 0.25) is 5.96 Å². The Morgan fingerprint density at radius 3 is 2.38 bits per heavy atom. The molecule has 8 heteroatoms. The molecule has 0 saturated heterocycles. The maximum absolute atomic E-state index is 9.54. The second-order valence-corrected chi connectivity index (χ2v) is 3.61. The predicted molar refractivity (Wildman–Crippen MR) is 65.2 cm³/mol. The normalized spacial score (nSPS) is 11.2. The summed E-state index contributed by atoms with van der Waals surface area (Å²) in [4.78, 5) is 7.22. The number of rotatable bonds is 1. The highest BCUT2D eigenvalue weighted by molar-refractivity contribution is 6.36. The SMILES string of the molecule is NC(N)=NC(N)=Nc1cc(Cl)cc(Cl)c1O. The van der Waals surface area contributed by atoms with Crippen LogP contribution in [0.15, 0.2) is 22.1 Å². The molecular weight excluding hydrogens is 253 g/mol. The summed E-state index contributed by atoms with van der Waals surface area (Å²) in [6.07, 6.45) is 0. The highest BCUT2D eigenvalue weighted by atomic mass is 35.5. The topological polar surface area (TPSA) is 123 Å². The van der Waals surface area contributed by atoms with Gasteiger partial charge in [0.25, 0.3) is 0 Å². The molecule has 0 spiro atoms. The minimum absolute atomic E-state index is 0.0590. The van der Waals surface area contributed by atoms with E-state index in [1.165, 1.54) is 12.1 Å². The van der Waals surface area contributed by atoms with Crippen molar-refractivity contribution in [1.29, 1.82) is 0 Å². The zero-order chi connectivity index (χ0) is 12.3. The maximum atomic E-state index is 9.54. The van der Waals surface area contributed by atoms with E-state index in [0.29, 0.717) is 5.02 Å². The van der Waals surface area contributed by atoms with Crippen molar-refractivity contribution in [2.24, 2.45) is 27.2 Å². The lowest BCUT2D eigenvalue weighted by Gasteiger charge is -2.02. The van der Waals surface area contributed by atoms with Crippen molar-refractivity contribution in [3.63, 3.8) is 0 Å². The Kier molecular flexibility index (Phi) is 3.81. The third-order valence-electron chi connectivity index (χ3n) is 1.49. The molecule has 0 heterocycles. The van der Waals surface area contributed by atoms with Gasteiger partial charge in [-0.05, 0) is 12.1 Å². The fraction of sp³-hybridized carbons (Fsp3) is 0. The quantitative estimate of drug-likeness (QED) is 0.443. The molecule has 1 aromatic rings. The molecule has 6 nitrogen and oxygen atoms in total. The van der Waals surface area contributed by atoms with Gasteiger partial charge < -0.3 is 22.3 Å². The smallest absolute Gasteiger partial charge is 0.223 e. The van der Waals surface area contributed by atoms with Crippen molar-refractivity contribution < 1.29 is 5.11 Å². The highest BCUT2D eigenvalue weighted by Gasteiger charge is 2.07. The Morgan fingerprint density at radius 2 is 1.81 bits per heavy atom. The molecule has 1 rings (SSSR count). The lowest BCUT2D eigenvalue weighted by molar-refractivity contribution is 0.477. The Balaban J connectivity index is 3.20. The van der Waals surface area contributed by atoms with E-state index in [-0.39, 0.29) is 28.4 Å². The zero-order valence-electron chi connectivity index (χ0n) is 7.98. The number of nitrogens with zero attached hydrogens (tertiary/aromatic N) is 2. The molecule has 0 atom stereocenters. The molecule has 7 N–H and O–H groups in total. The van der Waals surface area contributed by atoms with Crippen molar-refractivity contribution in [2.75, 3.05) is 0 Å². The van der Waals surface area contributed by atoms with Crippen LogP contribution in [-0.4, -0.2) is 17.0 Å². The molecule has 1 aromatic carbocycles. The molecule has 0 fully saturated rings. The first kappa shape index (κ1) is 12.4. The summed E-state index contributed by atoms with van der Waals surface area (Å²) in [6.45, 7) is 0. The van der Waals surface area contributed by atoms with Gasteiger partial charge in [0.1, 0.15) is 5.69 Å². The van der Waals surface area contributed by atoms with E-state index >= 15 is 0 Å². The number of halogens is 2. The van der Waals surface area contributed by atoms with Gasteiger partial charge in [-0.3, -0.25) is 0 Å². The summed E-state index contributed by atoms with van der Waals surface area (Å²) < 4.78 is 0. The Bertz CT molecular complexity index is 468. The van der Waals surface area contributed by atoms with Crippen LogP contribution in [-0.2, 0) is 0 Å². The number of phenolic OH excluding ortho intramolecular Hbond substituents is 1. The second-order valence-electron chi connectivity index (χ2n) is 2.76. The Morgan fingerprint density at radius 1 is 1.19 bits per heavy atom. The first-order chi connectivity index (χ1) is 7.40. The van der Waals surface area contributed by atoms with Crippen LogP contribution in [0.5, 0.6) is 5.75 Å². The lowest BCUT2D eigenvalue weighted by atomic mass is 10.3. The molecule has 0 aliphatic rings. The van der Waals surface area contributed by atoms with Gasteiger partial charge in [-0.25, -0.2) is 4.99 Å². The molecule has 0 amide bonds. The fourth-order valence-electron chi connectivity index (χ4n) is 0.918. The Labute approximate surface area is 101 Å². The van der Waals surface area contributed by atoms with Crippen molar-refractivity contribution in [1.82, 2.24) is 0 Å². The van der Waals surface area contributed by atoms with Crippen LogP contribution in [0, 0.1) is 0 Å². The van der Waals surface area contributed by atoms with Crippen LogP contribution >= 0.6 is 23.2 Å². The minimum atomic E-state index is -0.250. The van der Waals surface area contributed by atoms with Crippen LogP contribution in [0.4, 0.5) is 5.69 Å². The van der Waals surface area contributed by atoms with Gasteiger partial charge in [0, 0.05) is 5.02 Å². The number of benzene rings is 1. The number of hydrogen-bond donors (Lipinski definition) is 4. The fourth-order valence-corrected chi connectivity index (χ4v) is 1.40. The van der Waals surface area contributed by atoms with Crippen LogP contribution in [0.1, 0.15) is 0 Å². The number of hydrogen-bond acceptors (Lipinski definition) is 2. The van der Waals surface area contributed by atoms with Gasteiger partial charge in [-0.2, -0.15) is 4.99 Å². The van der Waals surface area contributed by atoms with Gasteiger partial charge in [0.15, 0.2) is 11.7 Å². The Hall–Kier alpha value is -1.66. The molecule has 0 radical (unpaired) electrons. The van der Waals surface area contributed by atoms with Gasteiger partial charge in [0.05, 0.1) is 5.02 Å². The molecule has 0 bridgehead atoms. The van der Waals surface area contributed by atoms with E-state index in [1.54, 1.807) is 0 Å². The standard InChI is InChI=1S/C8H9Cl2N5O/c9-3-1-4(10)6(16)5(2-3)14-8(13)15-7(11)12/h1-2,16H,(H6,11,12,13,14,15). The first-order valence-electron chi connectivity index (χ1n) is 4.02. The number of aliphatic imine (C=N–C) groups is 2. The molecular formula is C8H9Cl2N5O. The van der Waals surface area contributed by atoms with Crippen molar-refractivity contribution in [3.8, 4) is 5.75 Å². The average Bonchev–Trinajstić information content (AvgIpc) is 2.11. The van der Waals surface area contributed by atoms with Crippen molar-refractivity contribution >= 4 is 40.8 Å². The number of phenols is 1. The number of aromatic hydroxyl groups is 1. The third-order valence-corrected chi connectivity index (χ3v) is 1.99.